The molecule has 0 bridgehead atoms. The molecule has 0 N–H and O–H groups in total. The Bertz CT molecular complexity index is 430. The van der Waals surface area contributed by atoms with Crippen LogP contribution in [0.25, 0.3) is 0 Å². The van der Waals surface area contributed by atoms with E-state index in [4.69, 9.17) is 9.47 Å². The molecule has 0 unspecified atom stereocenters. The normalized spacial score (nSPS) is 26.3. The quantitative estimate of drug-likeness (QED) is 0.807. The number of amides is 1. The van der Waals surface area contributed by atoms with E-state index < -0.39 is 5.72 Å². The molecule has 1 saturated heterocycles. The van der Waals surface area contributed by atoms with Crippen LogP contribution in [0.4, 0.5) is 0 Å². The second-order valence-corrected chi connectivity index (χ2v) is 4.94. The van der Waals surface area contributed by atoms with E-state index >= 15 is 0 Å². The smallest absolute Gasteiger partial charge is 0.258 e. The van der Waals surface area contributed by atoms with Crippen molar-refractivity contribution >= 4 is 5.91 Å². The molecule has 0 aromatic heterocycles. The standard InChI is InChI=1S/C14H19NO3/c1-10-13(17-4)15(14(2,3)18-10)12(16)11-8-6-5-7-9-11/h5-10,13H,1-4H3/t10-,13-/m1/s1. The van der Waals surface area contributed by atoms with Gasteiger partial charge in [0, 0.05) is 12.7 Å². The maximum absolute atomic E-state index is 12.5. The highest BCUT2D eigenvalue weighted by Crippen LogP contribution is 2.33. The molecule has 4 heteroatoms. The van der Waals surface area contributed by atoms with Crippen LogP contribution in [-0.2, 0) is 9.47 Å². The van der Waals surface area contributed by atoms with E-state index in [1.54, 1.807) is 24.1 Å². The molecule has 1 heterocycles. The van der Waals surface area contributed by atoms with Crippen molar-refractivity contribution in [1.82, 2.24) is 4.90 Å². The second kappa shape index (κ2) is 4.71. The lowest BCUT2D eigenvalue weighted by atomic mass is 10.1. The third kappa shape index (κ3) is 2.13. The van der Waals surface area contributed by atoms with Gasteiger partial charge in [0.15, 0.2) is 6.23 Å². The predicted molar refractivity (Wildman–Crippen MR) is 68.0 cm³/mol. The predicted octanol–water partition coefficient (Wildman–Crippen LogP) is 2.26. The molecule has 4 nitrogen and oxygen atoms in total. The van der Waals surface area contributed by atoms with Gasteiger partial charge in [-0.15, -0.1) is 0 Å². The molecule has 2 atom stereocenters. The summed E-state index contributed by atoms with van der Waals surface area (Å²) in [5, 5.41) is 0. The maximum atomic E-state index is 12.5. The minimum Gasteiger partial charge on any atom is -0.359 e. The summed E-state index contributed by atoms with van der Waals surface area (Å²) in [6.07, 6.45) is -0.495. The Balaban J connectivity index is 2.33. The Hall–Kier alpha value is -1.39. The van der Waals surface area contributed by atoms with Crippen molar-refractivity contribution in [3.63, 3.8) is 0 Å². The van der Waals surface area contributed by atoms with Crippen molar-refractivity contribution in [2.45, 2.75) is 38.8 Å². The van der Waals surface area contributed by atoms with Crippen molar-refractivity contribution in [2.24, 2.45) is 0 Å². The first kappa shape index (κ1) is 13.1. The lowest BCUT2D eigenvalue weighted by Gasteiger charge is -2.32. The first-order valence-electron chi connectivity index (χ1n) is 6.06. The van der Waals surface area contributed by atoms with Gasteiger partial charge in [0.2, 0.25) is 0 Å². The van der Waals surface area contributed by atoms with Crippen molar-refractivity contribution in [3.05, 3.63) is 35.9 Å². The number of carbonyl (C=O) groups excluding carboxylic acids is 1. The number of methoxy groups -OCH3 is 1. The zero-order valence-electron chi connectivity index (χ0n) is 11.2. The number of hydrogen-bond donors (Lipinski definition) is 0. The van der Waals surface area contributed by atoms with E-state index in [0.717, 1.165) is 0 Å². The number of ether oxygens (including phenoxy) is 2. The van der Waals surface area contributed by atoms with Gasteiger partial charge in [-0.05, 0) is 32.9 Å². The van der Waals surface area contributed by atoms with Crippen LogP contribution >= 0.6 is 0 Å². The fraction of sp³-hybridized carbons (Fsp3) is 0.500. The highest BCUT2D eigenvalue weighted by Gasteiger charge is 2.48. The highest BCUT2D eigenvalue weighted by atomic mass is 16.6. The van der Waals surface area contributed by atoms with Crippen LogP contribution < -0.4 is 0 Å². The molecule has 98 valence electrons. The lowest BCUT2D eigenvalue weighted by molar-refractivity contribution is -0.0633. The van der Waals surface area contributed by atoms with Crippen LogP contribution in [0.2, 0.25) is 0 Å². The zero-order valence-corrected chi connectivity index (χ0v) is 11.2. The number of nitrogens with zero attached hydrogens (tertiary/aromatic N) is 1. The molecule has 1 aromatic rings. The third-order valence-corrected chi connectivity index (χ3v) is 3.19. The molecule has 18 heavy (non-hydrogen) atoms. The van der Waals surface area contributed by atoms with Gasteiger partial charge in [-0.25, -0.2) is 0 Å². The molecule has 2 rings (SSSR count). The van der Waals surface area contributed by atoms with Gasteiger partial charge in [0.25, 0.3) is 5.91 Å². The summed E-state index contributed by atoms with van der Waals surface area (Å²) in [6.45, 7) is 5.67. The SMILES string of the molecule is CO[C@@H]1[C@@H](C)OC(C)(C)N1C(=O)c1ccccc1. The summed E-state index contributed by atoms with van der Waals surface area (Å²) < 4.78 is 11.2. The van der Waals surface area contributed by atoms with Gasteiger partial charge in [-0.2, -0.15) is 0 Å². The number of carbonyl (C=O) groups is 1. The average Bonchev–Trinajstić information content (AvgIpc) is 2.58. The number of benzene rings is 1. The highest BCUT2D eigenvalue weighted by molar-refractivity contribution is 5.94. The average molecular weight is 249 g/mol. The van der Waals surface area contributed by atoms with Crippen LogP contribution in [0.1, 0.15) is 31.1 Å². The Morgan fingerprint density at radius 2 is 1.94 bits per heavy atom. The second-order valence-electron chi connectivity index (χ2n) is 4.94. The van der Waals surface area contributed by atoms with E-state index in [2.05, 4.69) is 0 Å². The number of hydrogen-bond acceptors (Lipinski definition) is 3. The number of rotatable bonds is 2. The molecular weight excluding hydrogens is 230 g/mol. The molecule has 1 fully saturated rings. The fourth-order valence-electron chi connectivity index (χ4n) is 2.46. The molecule has 1 aliphatic heterocycles. The lowest BCUT2D eigenvalue weighted by Crippen LogP contribution is -2.48. The van der Waals surface area contributed by atoms with Gasteiger partial charge in [-0.1, -0.05) is 18.2 Å². The first-order valence-corrected chi connectivity index (χ1v) is 6.06. The van der Waals surface area contributed by atoms with E-state index in [-0.39, 0.29) is 18.2 Å². The van der Waals surface area contributed by atoms with Gasteiger partial charge in [-0.3, -0.25) is 9.69 Å². The summed E-state index contributed by atoms with van der Waals surface area (Å²) in [5.41, 5.74) is -0.0159. The zero-order chi connectivity index (χ0) is 13.3. The van der Waals surface area contributed by atoms with E-state index in [1.165, 1.54) is 0 Å². The van der Waals surface area contributed by atoms with E-state index in [9.17, 15) is 4.79 Å². The monoisotopic (exact) mass is 249 g/mol. The van der Waals surface area contributed by atoms with Crippen molar-refractivity contribution in [3.8, 4) is 0 Å². The van der Waals surface area contributed by atoms with E-state index in [0.29, 0.717) is 5.56 Å². The fourth-order valence-corrected chi connectivity index (χ4v) is 2.46. The van der Waals surface area contributed by atoms with Gasteiger partial charge < -0.3 is 9.47 Å². The van der Waals surface area contributed by atoms with Crippen LogP contribution in [0.3, 0.4) is 0 Å². The van der Waals surface area contributed by atoms with Crippen LogP contribution in [0.15, 0.2) is 30.3 Å². The van der Waals surface area contributed by atoms with Crippen molar-refractivity contribution < 1.29 is 14.3 Å². The summed E-state index contributed by atoms with van der Waals surface area (Å²) in [4.78, 5) is 14.2. The summed E-state index contributed by atoms with van der Waals surface area (Å²) >= 11 is 0. The first-order chi connectivity index (χ1) is 8.47. The summed E-state index contributed by atoms with van der Waals surface area (Å²) in [7, 11) is 1.59. The maximum Gasteiger partial charge on any atom is 0.258 e. The molecule has 0 radical (unpaired) electrons. The molecular formula is C14H19NO3. The Morgan fingerprint density at radius 3 is 2.50 bits per heavy atom. The molecule has 0 spiro atoms. The molecule has 1 aromatic carbocycles. The molecule has 0 saturated carbocycles. The topological polar surface area (TPSA) is 38.8 Å². The Labute approximate surface area is 107 Å². The Morgan fingerprint density at radius 1 is 1.33 bits per heavy atom. The minimum absolute atomic E-state index is 0.0724. The van der Waals surface area contributed by atoms with Crippen LogP contribution in [-0.4, -0.2) is 36.0 Å². The molecule has 1 amide bonds. The van der Waals surface area contributed by atoms with Gasteiger partial charge >= 0.3 is 0 Å². The largest absolute Gasteiger partial charge is 0.359 e. The van der Waals surface area contributed by atoms with Crippen LogP contribution in [0, 0.1) is 0 Å². The van der Waals surface area contributed by atoms with Gasteiger partial charge in [0.1, 0.15) is 11.8 Å². The third-order valence-electron chi connectivity index (χ3n) is 3.19. The van der Waals surface area contributed by atoms with Gasteiger partial charge in [0.05, 0.1) is 0 Å². The Kier molecular flexibility index (Phi) is 3.41. The van der Waals surface area contributed by atoms with Crippen molar-refractivity contribution in [1.29, 1.82) is 0 Å². The molecule has 1 aliphatic rings. The summed E-state index contributed by atoms with van der Waals surface area (Å²) in [5.74, 6) is -0.0724. The van der Waals surface area contributed by atoms with Crippen molar-refractivity contribution in [2.75, 3.05) is 7.11 Å². The van der Waals surface area contributed by atoms with E-state index in [1.807, 2.05) is 39.0 Å². The summed E-state index contributed by atoms with van der Waals surface area (Å²) in [6, 6.07) is 9.19. The van der Waals surface area contributed by atoms with Crippen LogP contribution in [0.5, 0.6) is 0 Å². The molecule has 0 aliphatic carbocycles. The minimum atomic E-state index is -0.660.